The van der Waals surface area contributed by atoms with E-state index in [1.54, 1.807) is 0 Å². The van der Waals surface area contributed by atoms with E-state index in [9.17, 15) is 4.79 Å². The Bertz CT molecular complexity index is 476. The van der Waals surface area contributed by atoms with Crippen molar-refractivity contribution in [3.63, 3.8) is 0 Å². The molecule has 0 saturated heterocycles. The third kappa shape index (κ3) is 1.13. The molecule has 3 rings (SSSR count). The summed E-state index contributed by atoms with van der Waals surface area (Å²) in [7, 11) is 0. The quantitative estimate of drug-likeness (QED) is 0.666. The first-order chi connectivity index (χ1) is 7.27. The van der Waals surface area contributed by atoms with Crippen LogP contribution in [0.1, 0.15) is 11.6 Å². The van der Waals surface area contributed by atoms with Crippen LogP contribution < -0.4 is 5.32 Å². The summed E-state index contributed by atoms with van der Waals surface area (Å²) in [5.74, 6) is -0.281. The van der Waals surface area contributed by atoms with Crippen LogP contribution in [0.25, 0.3) is 0 Å². The Morgan fingerprint density at radius 2 is 2.40 bits per heavy atom. The van der Waals surface area contributed by atoms with Crippen molar-refractivity contribution in [2.24, 2.45) is 4.99 Å². The van der Waals surface area contributed by atoms with Gasteiger partial charge in [-0.3, -0.25) is 4.79 Å². The Balaban J connectivity index is 2.16. The Labute approximate surface area is 88.8 Å². The molecule has 1 aromatic rings. The second kappa shape index (κ2) is 2.93. The molecule has 2 N–H and O–H groups in total. The lowest BCUT2D eigenvalue weighted by atomic mass is 10.1. The lowest BCUT2D eigenvalue weighted by Crippen LogP contribution is -2.33. The molecule has 1 aromatic heterocycles. The number of aromatic nitrogens is 2. The van der Waals surface area contributed by atoms with Crippen molar-refractivity contribution in [3.05, 3.63) is 11.9 Å². The minimum absolute atomic E-state index is 0.267. The molecule has 0 aliphatic carbocycles. The van der Waals surface area contributed by atoms with Crippen molar-refractivity contribution in [1.82, 2.24) is 15.3 Å². The van der Waals surface area contributed by atoms with Crippen LogP contribution in [0, 0.1) is 0 Å². The third-order valence-corrected chi connectivity index (χ3v) is 3.64. The van der Waals surface area contributed by atoms with E-state index < -0.39 is 11.2 Å². The summed E-state index contributed by atoms with van der Waals surface area (Å²) >= 11 is 1.24. The van der Waals surface area contributed by atoms with Crippen LogP contribution in [-0.4, -0.2) is 32.6 Å². The van der Waals surface area contributed by atoms with E-state index >= 15 is 0 Å². The van der Waals surface area contributed by atoms with E-state index in [1.165, 1.54) is 24.4 Å². The highest BCUT2D eigenvalue weighted by molar-refractivity contribution is 8.00. The first-order valence-corrected chi connectivity index (χ1v) is 5.18. The maximum Gasteiger partial charge on any atom is 0.319 e. The highest BCUT2D eigenvalue weighted by atomic mass is 32.2. The van der Waals surface area contributed by atoms with Crippen molar-refractivity contribution in [2.75, 3.05) is 0 Å². The fourth-order valence-corrected chi connectivity index (χ4v) is 2.87. The number of hydrogen-bond donors (Lipinski definition) is 2. The highest BCUT2D eigenvalue weighted by Gasteiger charge is 2.42. The summed E-state index contributed by atoms with van der Waals surface area (Å²) in [4.78, 5) is 23.1. The summed E-state index contributed by atoms with van der Waals surface area (Å²) in [6, 6.07) is -0.267. The molecule has 3 heterocycles. The molecule has 76 valence electrons. The van der Waals surface area contributed by atoms with Gasteiger partial charge in [0.15, 0.2) is 5.82 Å². The zero-order valence-electron chi connectivity index (χ0n) is 7.41. The number of carboxylic acid groups (broad SMARTS) is 1. The van der Waals surface area contributed by atoms with Gasteiger partial charge in [0.25, 0.3) is 0 Å². The summed E-state index contributed by atoms with van der Waals surface area (Å²) in [5, 5.41) is 12.1. The fourth-order valence-electron chi connectivity index (χ4n) is 1.72. The minimum Gasteiger partial charge on any atom is -0.480 e. The van der Waals surface area contributed by atoms with E-state index in [-0.39, 0.29) is 6.04 Å². The first kappa shape index (κ1) is 8.66. The molecule has 0 fully saturated rings. The molecule has 0 amide bonds. The summed E-state index contributed by atoms with van der Waals surface area (Å²) < 4.78 is 0. The molecule has 15 heavy (non-hydrogen) atoms. The predicted molar refractivity (Wildman–Crippen MR) is 53.3 cm³/mol. The van der Waals surface area contributed by atoms with Crippen molar-refractivity contribution in [1.29, 1.82) is 0 Å². The number of carboxylic acids is 1. The third-order valence-electron chi connectivity index (χ3n) is 2.36. The topological polar surface area (TPSA) is 87.5 Å². The Hall–Kier alpha value is -1.63. The van der Waals surface area contributed by atoms with E-state index in [0.717, 1.165) is 5.56 Å². The van der Waals surface area contributed by atoms with Gasteiger partial charge >= 0.3 is 5.97 Å². The minimum atomic E-state index is -0.850. The zero-order valence-corrected chi connectivity index (χ0v) is 8.23. The van der Waals surface area contributed by atoms with Crippen molar-refractivity contribution < 1.29 is 9.90 Å². The van der Waals surface area contributed by atoms with Gasteiger partial charge in [-0.15, -0.1) is 0 Å². The molecule has 2 unspecified atom stereocenters. The molecule has 0 saturated carbocycles. The van der Waals surface area contributed by atoms with Crippen molar-refractivity contribution in [2.45, 2.75) is 16.3 Å². The van der Waals surface area contributed by atoms with Gasteiger partial charge < -0.3 is 10.4 Å². The maximum absolute atomic E-state index is 11.0. The molecule has 0 bridgehead atoms. The highest BCUT2D eigenvalue weighted by Crippen LogP contribution is 2.46. The monoisotopic (exact) mass is 222 g/mol. The predicted octanol–water partition coefficient (Wildman–Crippen LogP) is 0.340. The van der Waals surface area contributed by atoms with Crippen molar-refractivity contribution >= 4 is 29.9 Å². The molecule has 0 spiro atoms. The van der Waals surface area contributed by atoms with E-state index in [2.05, 4.69) is 20.3 Å². The van der Waals surface area contributed by atoms with Gasteiger partial charge in [0.2, 0.25) is 0 Å². The molecule has 0 radical (unpaired) electrons. The summed E-state index contributed by atoms with van der Waals surface area (Å²) in [6.07, 6.45) is 2.90. The van der Waals surface area contributed by atoms with Crippen molar-refractivity contribution in [3.8, 4) is 0 Å². The second-order valence-electron chi connectivity index (χ2n) is 3.20. The Kier molecular flexibility index (Phi) is 1.69. The van der Waals surface area contributed by atoms with Gasteiger partial charge in [-0.2, -0.15) is 0 Å². The molecular weight excluding hydrogens is 216 g/mol. The van der Waals surface area contributed by atoms with Gasteiger partial charge in [-0.25, -0.2) is 15.0 Å². The van der Waals surface area contributed by atoms with Crippen LogP contribution in [0.4, 0.5) is 5.82 Å². The Morgan fingerprint density at radius 3 is 3.20 bits per heavy atom. The number of aliphatic carboxylic acids is 1. The summed E-state index contributed by atoms with van der Waals surface area (Å²) in [6.45, 7) is 0. The normalized spacial score (nSPS) is 25.9. The van der Waals surface area contributed by atoms with Gasteiger partial charge in [-0.1, -0.05) is 11.8 Å². The second-order valence-corrected chi connectivity index (χ2v) is 4.33. The number of rotatable bonds is 1. The number of hydrogen-bond acceptors (Lipinski definition) is 6. The lowest BCUT2D eigenvalue weighted by Gasteiger charge is -2.19. The standard InChI is InChI=1S/C8H6N4O2S/c13-8(14)5-4-3-6(10-1-9-4)11-2-12-7(3)15-5/h1-2,4-5H,(H,13,14)(H,9,10,11,12). The van der Waals surface area contributed by atoms with E-state index in [4.69, 9.17) is 5.11 Å². The SMILES string of the molecule is O=C(O)C1Sc2ncnc3c2C1NC=N3. The average Bonchev–Trinajstić information content (AvgIpc) is 2.61. The van der Waals surface area contributed by atoms with Gasteiger partial charge in [0.1, 0.15) is 16.6 Å². The number of carbonyl (C=O) groups is 1. The molecule has 2 aliphatic heterocycles. The number of nitrogens with zero attached hydrogens (tertiary/aromatic N) is 3. The van der Waals surface area contributed by atoms with Crippen LogP contribution >= 0.6 is 11.8 Å². The number of nitrogens with one attached hydrogen (secondary N) is 1. The number of aliphatic imine (C=N–C) groups is 1. The maximum atomic E-state index is 11.0. The zero-order chi connectivity index (χ0) is 10.4. The first-order valence-electron chi connectivity index (χ1n) is 4.30. The number of thioether (sulfide) groups is 1. The molecular formula is C8H6N4O2S. The molecule has 6 nitrogen and oxygen atoms in total. The fraction of sp³-hybridized carbons (Fsp3) is 0.250. The van der Waals surface area contributed by atoms with Crippen LogP contribution in [0.15, 0.2) is 16.3 Å². The molecule has 7 heteroatoms. The van der Waals surface area contributed by atoms with Gasteiger partial charge in [0.05, 0.1) is 17.9 Å². The van der Waals surface area contributed by atoms with Crippen LogP contribution in [-0.2, 0) is 4.79 Å². The van der Waals surface area contributed by atoms with E-state index in [1.807, 2.05) is 0 Å². The lowest BCUT2D eigenvalue weighted by molar-refractivity contribution is -0.136. The molecule has 0 aromatic carbocycles. The molecule has 2 aliphatic rings. The van der Waals surface area contributed by atoms with E-state index in [0.29, 0.717) is 10.8 Å². The Morgan fingerprint density at radius 1 is 1.53 bits per heavy atom. The van der Waals surface area contributed by atoms with Crippen LogP contribution in [0.3, 0.4) is 0 Å². The average molecular weight is 222 g/mol. The summed E-state index contributed by atoms with van der Waals surface area (Å²) in [5.41, 5.74) is 0.803. The van der Waals surface area contributed by atoms with Crippen LogP contribution in [0.5, 0.6) is 0 Å². The van der Waals surface area contributed by atoms with Crippen LogP contribution in [0.2, 0.25) is 0 Å². The van der Waals surface area contributed by atoms with Gasteiger partial charge in [-0.05, 0) is 0 Å². The van der Waals surface area contributed by atoms with Gasteiger partial charge in [0, 0.05) is 0 Å². The smallest absolute Gasteiger partial charge is 0.319 e. The molecule has 2 atom stereocenters. The largest absolute Gasteiger partial charge is 0.480 e.